The third-order valence-corrected chi connectivity index (χ3v) is 4.14. The van der Waals surface area contributed by atoms with Gasteiger partial charge >= 0.3 is 0 Å². The van der Waals surface area contributed by atoms with Crippen LogP contribution in [-0.2, 0) is 11.3 Å². The lowest BCUT2D eigenvalue weighted by molar-refractivity contribution is -0.114. The Balaban J connectivity index is 2.76. The number of ketones is 1. The number of nitrogens with zero attached hydrogens (tertiary/aromatic N) is 1. The van der Waals surface area contributed by atoms with E-state index in [9.17, 15) is 9.59 Å². The number of hydrogen-bond acceptors (Lipinski definition) is 3. The summed E-state index contributed by atoms with van der Waals surface area (Å²) >= 11 is 3.41. The minimum atomic E-state index is -0.950. The highest BCUT2D eigenvalue weighted by Gasteiger charge is 2.25. The molecule has 0 bridgehead atoms. The number of aryl methyl sites for hydroxylation is 1. The van der Waals surface area contributed by atoms with E-state index < -0.39 is 11.7 Å². The molecule has 0 aliphatic carbocycles. The van der Waals surface area contributed by atoms with Gasteiger partial charge in [-0.2, -0.15) is 0 Å². The van der Waals surface area contributed by atoms with Gasteiger partial charge in [0.05, 0.1) is 23.1 Å². The molecule has 5 nitrogen and oxygen atoms in total. The van der Waals surface area contributed by atoms with E-state index in [0.29, 0.717) is 23.3 Å². The van der Waals surface area contributed by atoms with Gasteiger partial charge in [0.2, 0.25) is 0 Å². The van der Waals surface area contributed by atoms with Crippen LogP contribution in [0, 0.1) is 6.92 Å². The second-order valence-corrected chi connectivity index (χ2v) is 5.72. The summed E-state index contributed by atoms with van der Waals surface area (Å²) in [6.07, 6.45) is 0.910. The number of carbonyl (C=O) groups is 2. The molecule has 0 spiro atoms. The summed E-state index contributed by atoms with van der Waals surface area (Å²) in [5, 5.41) is 1.52. The summed E-state index contributed by atoms with van der Waals surface area (Å²) in [6.45, 7) is 4.94. The highest BCUT2D eigenvalue weighted by atomic mass is 79.9. The molecule has 0 radical (unpaired) electrons. The number of ether oxygens (including phenoxy) is 1. The van der Waals surface area contributed by atoms with Crippen molar-refractivity contribution in [3.05, 3.63) is 29.5 Å². The lowest BCUT2D eigenvalue weighted by Crippen LogP contribution is -2.23. The second-order valence-electron chi connectivity index (χ2n) is 4.93. The Kier molecular flexibility index (Phi) is 5.24. The summed E-state index contributed by atoms with van der Waals surface area (Å²) in [6, 6.07) is 5.62. The number of halogens is 1. The molecule has 0 saturated heterocycles. The van der Waals surface area contributed by atoms with Gasteiger partial charge in [-0.15, -0.1) is 0 Å². The van der Waals surface area contributed by atoms with Gasteiger partial charge in [-0.25, -0.2) is 0 Å². The number of amides is 1. The predicted octanol–water partition coefficient (Wildman–Crippen LogP) is 2.80. The maximum Gasteiger partial charge on any atom is 0.289 e. The molecule has 2 aromatic rings. The van der Waals surface area contributed by atoms with Crippen LogP contribution in [0.2, 0.25) is 0 Å². The molecule has 22 heavy (non-hydrogen) atoms. The van der Waals surface area contributed by atoms with Crippen LogP contribution >= 0.6 is 15.9 Å². The molecule has 6 heteroatoms. The number of rotatable bonds is 7. The number of alkyl halides is 1. The minimum absolute atomic E-state index is 0.348. The first-order chi connectivity index (χ1) is 10.5. The molecule has 0 unspecified atom stereocenters. The lowest BCUT2D eigenvalue weighted by Gasteiger charge is -2.08. The van der Waals surface area contributed by atoms with E-state index >= 15 is 0 Å². The van der Waals surface area contributed by atoms with Gasteiger partial charge < -0.3 is 15.0 Å². The highest BCUT2D eigenvalue weighted by molar-refractivity contribution is 9.09. The average Bonchev–Trinajstić information content (AvgIpc) is 2.77. The maximum atomic E-state index is 12.3. The number of hydrogen-bond donors (Lipinski definition) is 1. The molecular weight excluding hydrogens is 348 g/mol. The Morgan fingerprint density at radius 3 is 2.68 bits per heavy atom. The minimum Gasteiger partial charge on any atom is -0.493 e. The van der Waals surface area contributed by atoms with Crippen LogP contribution in [0.3, 0.4) is 0 Å². The van der Waals surface area contributed by atoms with Crippen molar-refractivity contribution in [1.82, 2.24) is 4.57 Å². The molecular formula is C16H19BrN2O3. The van der Waals surface area contributed by atoms with Crippen LogP contribution in [-0.4, -0.2) is 28.2 Å². The van der Waals surface area contributed by atoms with Crippen LogP contribution in [0.15, 0.2) is 18.2 Å². The van der Waals surface area contributed by atoms with Crippen LogP contribution < -0.4 is 10.5 Å². The molecule has 0 saturated carbocycles. The zero-order chi connectivity index (χ0) is 16.3. The van der Waals surface area contributed by atoms with Crippen molar-refractivity contribution in [2.24, 2.45) is 5.73 Å². The van der Waals surface area contributed by atoms with Gasteiger partial charge in [-0.05, 0) is 32.4 Å². The number of benzene rings is 1. The topological polar surface area (TPSA) is 74.3 Å². The Morgan fingerprint density at radius 1 is 1.36 bits per heavy atom. The van der Waals surface area contributed by atoms with E-state index in [1.165, 1.54) is 0 Å². The summed E-state index contributed by atoms with van der Waals surface area (Å²) in [5.41, 5.74) is 7.19. The zero-order valence-corrected chi connectivity index (χ0v) is 14.3. The van der Waals surface area contributed by atoms with Gasteiger partial charge in [0.15, 0.2) is 0 Å². The van der Waals surface area contributed by atoms with E-state index in [-0.39, 0.29) is 0 Å². The first-order valence-corrected chi connectivity index (χ1v) is 8.29. The Hall–Kier alpha value is -1.82. The first-order valence-electron chi connectivity index (χ1n) is 7.17. The van der Waals surface area contributed by atoms with Gasteiger partial charge in [0.25, 0.3) is 11.7 Å². The van der Waals surface area contributed by atoms with Crippen LogP contribution in [0.1, 0.15) is 29.4 Å². The fourth-order valence-electron chi connectivity index (χ4n) is 2.68. The van der Waals surface area contributed by atoms with Gasteiger partial charge in [-0.1, -0.05) is 22.0 Å². The second kappa shape index (κ2) is 6.96. The summed E-state index contributed by atoms with van der Waals surface area (Å²) in [7, 11) is 0. The van der Waals surface area contributed by atoms with Gasteiger partial charge in [-0.3, -0.25) is 9.59 Å². The highest BCUT2D eigenvalue weighted by Crippen LogP contribution is 2.34. The van der Waals surface area contributed by atoms with E-state index in [4.69, 9.17) is 10.5 Å². The number of carbonyl (C=O) groups excluding carboxylic acids is 2. The molecule has 1 aromatic heterocycles. The molecule has 0 aliphatic rings. The summed E-state index contributed by atoms with van der Waals surface area (Å²) in [5.74, 6) is -1.02. The summed E-state index contributed by atoms with van der Waals surface area (Å²) < 4.78 is 7.67. The number of aromatic nitrogens is 1. The monoisotopic (exact) mass is 366 g/mol. The number of primary amides is 1. The van der Waals surface area contributed by atoms with E-state index in [2.05, 4.69) is 15.9 Å². The fraction of sp³-hybridized carbons (Fsp3) is 0.375. The fourth-order valence-corrected chi connectivity index (χ4v) is 2.93. The van der Waals surface area contributed by atoms with E-state index in [0.717, 1.165) is 29.5 Å². The normalized spacial score (nSPS) is 10.9. The molecule has 0 atom stereocenters. The van der Waals surface area contributed by atoms with Crippen LogP contribution in [0.25, 0.3) is 10.9 Å². The van der Waals surface area contributed by atoms with Crippen molar-refractivity contribution < 1.29 is 14.3 Å². The maximum absolute atomic E-state index is 12.3. The average molecular weight is 367 g/mol. The first kappa shape index (κ1) is 16.5. The predicted molar refractivity (Wildman–Crippen MR) is 89.8 cm³/mol. The van der Waals surface area contributed by atoms with E-state index in [1.54, 1.807) is 6.07 Å². The lowest BCUT2D eigenvalue weighted by atomic mass is 10.1. The van der Waals surface area contributed by atoms with Crippen LogP contribution in [0.5, 0.6) is 5.75 Å². The third kappa shape index (κ3) is 2.88. The molecule has 1 aromatic carbocycles. The van der Waals surface area contributed by atoms with Gasteiger partial charge in [0.1, 0.15) is 5.75 Å². The number of nitrogens with two attached hydrogens (primary N) is 1. The van der Waals surface area contributed by atoms with Gasteiger partial charge in [0, 0.05) is 17.6 Å². The van der Waals surface area contributed by atoms with Crippen molar-refractivity contribution >= 4 is 38.5 Å². The molecule has 0 fully saturated rings. The van der Waals surface area contributed by atoms with Crippen molar-refractivity contribution in [2.45, 2.75) is 26.8 Å². The molecule has 1 heterocycles. The molecule has 2 rings (SSSR count). The molecule has 2 N–H and O–H groups in total. The third-order valence-electron chi connectivity index (χ3n) is 3.58. The SMILES string of the molecule is CCOc1cccc2c1c(C(=O)C(N)=O)c(C)n2CCCBr. The number of fused-ring (bicyclic) bond motifs is 1. The van der Waals surface area contributed by atoms with Crippen molar-refractivity contribution in [3.8, 4) is 5.75 Å². The molecule has 1 amide bonds. The largest absolute Gasteiger partial charge is 0.493 e. The van der Waals surface area contributed by atoms with E-state index in [1.807, 2.05) is 30.5 Å². The van der Waals surface area contributed by atoms with Crippen molar-refractivity contribution in [2.75, 3.05) is 11.9 Å². The quantitative estimate of drug-likeness (QED) is 0.465. The standard InChI is InChI=1S/C16H19BrN2O3/c1-3-22-12-7-4-6-11-14(12)13(15(20)16(18)21)10(2)19(11)9-5-8-17/h4,6-7H,3,5,8-9H2,1-2H3,(H2,18,21). The zero-order valence-electron chi connectivity index (χ0n) is 12.7. The summed E-state index contributed by atoms with van der Waals surface area (Å²) in [4.78, 5) is 23.7. The smallest absolute Gasteiger partial charge is 0.289 e. The number of Topliss-reactive ketones (excluding diaryl/α,β-unsaturated/α-hetero) is 1. The Labute approximate surface area is 137 Å². The molecule has 118 valence electrons. The van der Waals surface area contributed by atoms with Crippen molar-refractivity contribution in [1.29, 1.82) is 0 Å². The Morgan fingerprint density at radius 2 is 2.09 bits per heavy atom. The van der Waals surface area contributed by atoms with Crippen molar-refractivity contribution in [3.63, 3.8) is 0 Å². The van der Waals surface area contributed by atoms with Crippen LogP contribution in [0.4, 0.5) is 0 Å². The molecule has 0 aliphatic heterocycles. The Bertz CT molecular complexity index is 722.